The molecule has 2 aliphatic rings. The van der Waals surface area contributed by atoms with E-state index in [1.807, 2.05) is 13.0 Å². The van der Waals surface area contributed by atoms with Gasteiger partial charge >= 0.3 is 0 Å². The van der Waals surface area contributed by atoms with E-state index in [9.17, 15) is 4.79 Å². The lowest BCUT2D eigenvalue weighted by Gasteiger charge is -2.38. The molecular formula is C12H19NO. The van der Waals surface area contributed by atoms with Gasteiger partial charge in [-0.2, -0.15) is 0 Å². The maximum absolute atomic E-state index is 11.7. The molecule has 2 unspecified atom stereocenters. The van der Waals surface area contributed by atoms with Crippen molar-refractivity contribution in [3.63, 3.8) is 0 Å². The second kappa shape index (κ2) is 4.26. The van der Waals surface area contributed by atoms with Crippen LogP contribution in [0.1, 0.15) is 26.2 Å². The van der Waals surface area contributed by atoms with E-state index >= 15 is 0 Å². The molecule has 2 fully saturated rings. The molecule has 2 heteroatoms. The molecule has 78 valence electrons. The minimum absolute atomic E-state index is 0.317. The van der Waals surface area contributed by atoms with Gasteiger partial charge in [0, 0.05) is 5.92 Å². The molecule has 1 aliphatic heterocycles. The Morgan fingerprint density at radius 1 is 1.21 bits per heavy atom. The number of ketones is 1. The molecule has 2 nitrogen and oxygen atoms in total. The first-order valence-electron chi connectivity index (χ1n) is 5.67. The highest BCUT2D eigenvalue weighted by Gasteiger charge is 2.33. The average molecular weight is 193 g/mol. The first-order valence-corrected chi connectivity index (χ1v) is 5.67. The van der Waals surface area contributed by atoms with Crippen LogP contribution in [-0.4, -0.2) is 18.9 Å². The van der Waals surface area contributed by atoms with Crippen LogP contribution in [0.5, 0.6) is 0 Å². The molecule has 2 rings (SSSR count). The van der Waals surface area contributed by atoms with E-state index in [0.29, 0.717) is 11.7 Å². The molecule has 0 radical (unpaired) electrons. The van der Waals surface area contributed by atoms with Crippen molar-refractivity contribution < 1.29 is 4.79 Å². The third kappa shape index (κ3) is 2.06. The summed E-state index contributed by atoms with van der Waals surface area (Å²) in [6.45, 7) is 4.16. The van der Waals surface area contributed by atoms with Crippen LogP contribution in [0.15, 0.2) is 12.2 Å². The molecule has 1 heterocycles. The van der Waals surface area contributed by atoms with Crippen molar-refractivity contribution in [2.24, 2.45) is 17.8 Å². The van der Waals surface area contributed by atoms with Crippen LogP contribution in [-0.2, 0) is 4.79 Å². The quantitative estimate of drug-likeness (QED) is 0.677. The molecule has 14 heavy (non-hydrogen) atoms. The van der Waals surface area contributed by atoms with Crippen LogP contribution >= 0.6 is 0 Å². The van der Waals surface area contributed by atoms with Crippen LogP contribution < -0.4 is 5.32 Å². The molecule has 1 saturated carbocycles. The standard InChI is InChI=1S/C12H19NO/c1-2-3-12(14)11-5-9-4-10(6-11)8-13-7-9/h2-3,9-11,13H,4-8H2,1H3/b3-2+. The van der Waals surface area contributed by atoms with Gasteiger partial charge in [-0.05, 0) is 57.2 Å². The molecule has 0 aromatic carbocycles. The van der Waals surface area contributed by atoms with Gasteiger partial charge < -0.3 is 5.32 Å². The first kappa shape index (κ1) is 9.91. The first-order chi connectivity index (χ1) is 6.79. The third-order valence-corrected chi connectivity index (χ3v) is 3.50. The van der Waals surface area contributed by atoms with Crippen molar-refractivity contribution in [3.8, 4) is 0 Å². The van der Waals surface area contributed by atoms with Gasteiger partial charge in [0.2, 0.25) is 0 Å². The number of fused-ring (bicyclic) bond motifs is 2. The number of piperidine rings is 1. The highest BCUT2D eigenvalue weighted by atomic mass is 16.1. The smallest absolute Gasteiger partial charge is 0.158 e. The number of nitrogens with one attached hydrogen (secondary N) is 1. The molecule has 1 N–H and O–H groups in total. The number of rotatable bonds is 2. The van der Waals surface area contributed by atoms with E-state index in [2.05, 4.69) is 5.32 Å². The fraction of sp³-hybridized carbons (Fsp3) is 0.750. The molecular weight excluding hydrogens is 174 g/mol. The molecule has 1 saturated heterocycles. The van der Waals surface area contributed by atoms with Crippen molar-refractivity contribution in [3.05, 3.63) is 12.2 Å². The summed E-state index contributed by atoms with van der Waals surface area (Å²) in [5.74, 6) is 2.17. The second-order valence-corrected chi connectivity index (χ2v) is 4.70. The summed E-state index contributed by atoms with van der Waals surface area (Å²) < 4.78 is 0. The van der Waals surface area contributed by atoms with Crippen molar-refractivity contribution in [1.29, 1.82) is 0 Å². The summed E-state index contributed by atoms with van der Waals surface area (Å²) in [4.78, 5) is 11.7. The van der Waals surface area contributed by atoms with E-state index in [0.717, 1.165) is 37.8 Å². The molecule has 2 bridgehead atoms. The van der Waals surface area contributed by atoms with Gasteiger partial charge in [0.05, 0.1) is 0 Å². The molecule has 0 amide bonds. The number of carbonyl (C=O) groups is 1. The van der Waals surface area contributed by atoms with Gasteiger partial charge in [-0.3, -0.25) is 4.79 Å². The zero-order valence-electron chi connectivity index (χ0n) is 8.83. The number of hydrogen-bond acceptors (Lipinski definition) is 2. The van der Waals surface area contributed by atoms with Gasteiger partial charge in [0.25, 0.3) is 0 Å². The van der Waals surface area contributed by atoms with Crippen LogP contribution in [0.4, 0.5) is 0 Å². The fourth-order valence-corrected chi connectivity index (χ4v) is 2.92. The summed E-state index contributed by atoms with van der Waals surface area (Å²) in [5.41, 5.74) is 0. The largest absolute Gasteiger partial charge is 0.316 e. The van der Waals surface area contributed by atoms with Crippen molar-refractivity contribution in [1.82, 2.24) is 5.32 Å². The predicted molar refractivity (Wildman–Crippen MR) is 57.0 cm³/mol. The van der Waals surface area contributed by atoms with Crippen LogP contribution in [0.3, 0.4) is 0 Å². The predicted octanol–water partition coefficient (Wildman–Crippen LogP) is 1.77. The van der Waals surface area contributed by atoms with E-state index in [1.54, 1.807) is 6.08 Å². The summed E-state index contributed by atoms with van der Waals surface area (Å²) in [5, 5.41) is 3.45. The summed E-state index contributed by atoms with van der Waals surface area (Å²) in [7, 11) is 0. The van der Waals surface area contributed by atoms with E-state index in [-0.39, 0.29) is 0 Å². The summed E-state index contributed by atoms with van der Waals surface area (Å²) >= 11 is 0. The summed E-state index contributed by atoms with van der Waals surface area (Å²) in [6.07, 6.45) is 7.16. The zero-order valence-corrected chi connectivity index (χ0v) is 8.83. The summed E-state index contributed by atoms with van der Waals surface area (Å²) in [6, 6.07) is 0. The van der Waals surface area contributed by atoms with Crippen LogP contribution in [0.25, 0.3) is 0 Å². The van der Waals surface area contributed by atoms with E-state index < -0.39 is 0 Å². The SMILES string of the molecule is C/C=C/C(=O)C1CC2CNCC(C2)C1. The Balaban J connectivity index is 1.98. The number of carbonyl (C=O) groups excluding carboxylic acids is 1. The van der Waals surface area contributed by atoms with Crippen molar-refractivity contribution in [2.45, 2.75) is 26.2 Å². The lowest BCUT2D eigenvalue weighted by molar-refractivity contribution is -0.120. The highest BCUT2D eigenvalue weighted by Crippen LogP contribution is 2.35. The van der Waals surface area contributed by atoms with Crippen molar-refractivity contribution in [2.75, 3.05) is 13.1 Å². The van der Waals surface area contributed by atoms with Gasteiger partial charge in [-0.1, -0.05) is 6.08 Å². The number of hydrogen-bond donors (Lipinski definition) is 1. The van der Waals surface area contributed by atoms with E-state index in [1.165, 1.54) is 6.42 Å². The molecule has 1 aliphatic carbocycles. The lowest BCUT2D eigenvalue weighted by Crippen LogP contribution is -2.42. The fourth-order valence-electron chi connectivity index (χ4n) is 2.92. The lowest BCUT2D eigenvalue weighted by atomic mass is 9.71. The Morgan fingerprint density at radius 2 is 1.86 bits per heavy atom. The van der Waals surface area contributed by atoms with Crippen LogP contribution in [0.2, 0.25) is 0 Å². The zero-order chi connectivity index (χ0) is 9.97. The Labute approximate surface area is 85.8 Å². The molecule has 0 aromatic heterocycles. The molecule has 0 aromatic rings. The Bertz CT molecular complexity index is 235. The maximum Gasteiger partial charge on any atom is 0.158 e. The number of allylic oxidation sites excluding steroid dienone is 2. The second-order valence-electron chi connectivity index (χ2n) is 4.70. The highest BCUT2D eigenvalue weighted by molar-refractivity contribution is 5.91. The molecule has 0 spiro atoms. The van der Waals surface area contributed by atoms with Gasteiger partial charge in [0.1, 0.15) is 0 Å². The maximum atomic E-state index is 11.7. The Hall–Kier alpha value is -0.630. The van der Waals surface area contributed by atoms with Gasteiger partial charge in [-0.15, -0.1) is 0 Å². The minimum atomic E-state index is 0.317. The van der Waals surface area contributed by atoms with Gasteiger partial charge in [0.15, 0.2) is 5.78 Å². The topological polar surface area (TPSA) is 29.1 Å². The normalized spacial score (nSPS) is 37.4. The van der Waals surface area contributed by atoms with Crippen LogP contribution in [0, 0.1) is 17.8 Å². The van der Waals surface area contributed by atoms with Crippen molar-refractivity contribution >= 4 is 5.78 Å². The Kier molecular flexibility index (Phi) is 3.02. The Morgan fingerprint density at radius 3 is 2.43 bits per heavy atom. The monoisotopic (exact) mass is 193 g/mol. The average Bonchev–Trinajstić information content (AvgIpc) is 2.17. The van der Waals surface area contributed by atoms with Gasteiger partial charge in [-0.25, -0.2) is 0 Å². The third-order valence-electron chi connectivity index (χ3n) is 3.50. The van der Waals surface area contributed by atoms with E-state index in [4.69, 9.17) is 0 Å². The minimum Gasteiger partial charge on any atom is -0.316 e. The molecule has 2 atom stereocenters.